The minimum absolute atomic E-state index is 0.0740. The molecule has 1 atom stereocenters. The monoisotopic (exact) mass is 363 g/mol. The lowest BCUT2D eigenvalue weighted by Gasteiger charge is -2.16. The Hall–Kier alpha value is -3.15. The number of hydrogen-bond donors (Lipinski definition) is 0. The lowest BCUT2D eigenvalue weighted by atomic mass is 10.1. The van der Waals surface area contributed by atoms with Crippen molar-refractivity contribution in [1.82, 2.24) is 10.1 Å². The van der Waals surface area contributed by atoms with E-state index in [9.17, 15) is 4.79 Å². The number of aromatic nitrogens is 2. The number of benzene rings is 2. The van der Waals surface area contributed by atoms with Gasteiger partial charge in [-0.1, -0.05) is 35.0 Å². The van der Waals surface area contributed by atoms with Crippen molar-refractivity contribution in [3.63, 3.8) is 0 Å². The maximum atomic E-state index is 12.5. The van der Waals surface area contributed by atoms with Crippen LogP contribution in [0, 0.1) is 6.92 Å². The van der Waals surface area contributed by atoms with Crippen LogP contribution in [-0.2, 0) is 4.79 Å². The average Bonchev–Trinajstić information content (AvgIpc) is 3.30. The second kappa shape index (κ2) is 7.23. The van der Waals surface area contributed by atoms with Gasteiger partial charge < -0.3 is 14.2 Å². The summed E-state index contributed by atoms with van der Waals surface area (Å²) in [5.41, 5.74) is 2.83. The summed E-state index contributed by atoms with van der Waals surface area (Å²) in [6.45, 7) is 5.06. The van der Waals surface area contributed by atoms with Crippen LogP contribution < -0.4 is 9.64 Å². The number of nitrogens with zero attached hydrogens (tertiary/aromatic N) is 3. The zero-order valence-corrected chi connectivity index (χ0v) is 15.4. The Morgan fingerprint density at radius 1 is 1.19 bits per heavy atom. The number of para-hydroxylation sites is 1. The molecular formula is C21H21N3O3. The maximum absolute atomic E-state index is 12.5. The highest BCUT2D eigenvalue weighted by molar-refractivity contribution is 5.96. The van der Waals surface area contributed by atoms with Crippen molar-refractivity contribution in [2.75, 3.05) is 18.1 Å². The molecule has 0 radical (unpaired) electrons. The van der Waals surface area contributed by atoms with Crippen LogP contribution in [0.25, 0.3) is 11.5 Å². The van der Waals surface area contributed by atoms with Crippen molar-refractivity contribution in [1.29, 1.82) is 0 Å². The Morgan fingerprint density at radius 3 is 2.74 bits per heavy atom. The van der Waals surface area contributed by atoms with Crippen LogP contribution in [0.5, 0.6) is 5.75 Å². The first-order chi connectivity index (χ1) is 13.2. The summed E-state index contributed by atoms with van der Waals surface area (Å²) in [5.74, 6) is 1.66. The molecule has 1 unspecified atom stereocenters. The van der Waals surface area contributed by atoms with Gasteiger partial charge in [-0.15, -0.1) is 0 Å². The minimum Gasteiger partial charge on any atom is -0.493 e. The fraction of sp³-hybridized carbons (Fsp3) is 0.286. The Kier molecular flexibility index (Phi) is 4.62. The van der Waals surface area contributed by atoms with Crippen molar-refractivity contribution < 1.29 is 14.1 Å². The molecule has 4 rings (SSSR count). The SMILES string of the molecule is CCOc1ccccc1-c1nc(C2CC(=O)N(c3ccc(C)cc3)C2)no1. The van der Waals surface area contributed by atoms with E-state index in [0.29, 0.717) is 37.0 Å². The van der Waals surface area contributed by atoms with Gasteiger partial charge >= 0.3 is 0 Å². The summed E-state index contributed by atoms with van der Waals surface area (Å²) in [7, 11) is 0. The Labute approximate surface area is 157 Å². The number of anilines is 1. The van der Waals surface area contributed by atoms with Gasteiger partial charge in [-0.05, 0) is 38.1 Å². The lowest BCUT2D eigenvalue weighted by molar-refractivity contribution is -0.117. The van der Waals surface area contributed by atoms with Crippen LogP contribution in [-0.4, -0.2) is 29.2 Å². The normalized spacial score (nSPS) is 16.7. The molecule has 138 valence electrons. The summed E-state index contributed by atoms with van der Waals surface area (Å²) in [5, 5.41) is 4.13. The summed E-state index contributed by atoms with van der Waals surface area (Å²) in [6.07, 6.45) is 0.375. The number of rotatable bonds is 5. The predicted molar refractivity (Wildman–Crippen MR) is 102 cm³/mol. The highest BCUT2D eigenvalue weighted by Gasteiger charge is 2.34. The van der Waals surface area contributed by atoms with E-state index in [4.69, 9.17) is 9.26 Å². The first-order valence-corrected chi connectivity index (χ1v) is 9.08. The van der Waals surface area contributed by atoms with E-state index in [2.05, 4.69) is 10.1 Å². The largest absolute Gasteiger partial charge is 0.493 e. The van der Waals surface area contributed by atoms with Gasteiger partial charge in [0.05, 0.1) is 12.2 Å². The molecule has 27 heavy (non-hydrogen) atoms. The van der Waals surface area contributed by atoms with Gasteiger partial charge in [-0.2, -0.15) is 4.98 Å². The maximum Gasteiger partial charge on any atom is 0.261 e. The van der Waals surface area contributed by atoms with Crippen molar-refractivity contribution in [3.05, 3.63) is 59.9 Å². The van der Waals surface area contributed by atoms with Crippen molar-refractivity contribution in [2.45, 2.75) is 26.2 Å². The summed E-state index contributed by atoms with van der Waals surface area (Å²) in [4.78, 5) is 18.8. The van der Waals surface area contributed by atoms with Crippen molar-refractivity contribution in [2.24, 2.45) is 0 Å². The molecule has 0 saturated carbocycles. The van der Waals surface area contributed by atoms with Gasteiger partial charge in [0.15, 0.2) is 5.82 Å². The van der Waals surface area contributed by atoms with Crippen molar-refractivity contribution in [3.8, 4) is 17.2 Å². The molecule has 6 nitrogen and oxygen atoms in total. The highest BCUT2D eigenvalue weighted by atomic mass is 16.5. The average molecular weight is 363 g/mol. The van der Waals surface area contributed by atoms with Gasteiger partial charge in [0, 0.05) is 24.6 Å². The first kappa shape index (κ1) is 17.3. The molecule has 0 N–H and O–H groups in total. The molecule has 1 fully saturated rings. The second-order valence-corrected chi connectivity index (χ2v) is 6.63. The van der Waals surface area contributed by atoms with E-state index >= 15 is 0 Å². The Morgan fingerprint density at radius 2 is 1.96 bits per heavy atom. The topological polar surface area (TPSA) is 68.5 Å². The molecule has 1 amide bonds. The van der Waals surface area contributed by atoms with Gasteiger partial charge in [0.25, 0.3) is 5.89 Å². The minimum atomic E-state index is -0.0874. The van der Waals surface area contributed by atoms with Crippen LogP contribution in [0.1, 0.15) is 30.7 Å². The van der Waals surface area contributed by atoms with Gasteiger partial charge in [-0.25, -0.2) is 0 Å². The van der Waals surface area contributed by atoms with Gasteiger partial charge in [0.2, 0.25) is 5.91 Å². The Balaban J connectivity index is 1.56. The molecular weight excluding hydrogens is 342 g/mol. The molecule has 6 heteroatoms. The predicted octanol–water partition coefficient (Wildman–Crippen LogP) is 3.96. The zero-order chi connectivity index (χ0) is 18.8. The zero-order valence-electron chi connectivity index (χ0n) is 15.4. The smallest absolute Gasteiger partial charge is 0.261 e. The van der Waals surface area contributed by atoms with Gasteiger partial charge in [-0.3, -0.25) is 4.79 Å². The fourth-order valence-electron chi connectivity index (χ4n) is 3.29. The molecule has 0 spiro atoms. The second-order valence-electron chi connectivity index (χ2n) is 6.63. The van der Waals surface area contributed by atoms with E-state index in [1.165, 1.54) is 0 Å². The van der Waals surface area contributed by atoms with Crippen LogP contribution in [0.2, 0.25) is 0 Å². The third-order valence-electron chi connectivity index (χ3n) is 4.69. The standard InChI is InChI=1S/C21H21N3O3/c1-3-26-18-7-5-4-6-17(18)21-22-20(23-27-21)15-12-19(25)24(13-15)16-10-8-14(2)9-11-16/h4-11,15H,3,12-13H2,1-2H3. The third kappa shape index (κ3) is 3.43. The van der Waals surface area contributed by atoms with E-state index in [-0.39, 0.29) is 11.8 Å². The summed E-state index contributed by atoms with van der Waals surface area (Å²) in [6, 6.07) is 15.5. The van der Waals surface area contributed by atoms with Crippen molar-refractivity contribution >= 4 is 11.6 Å². The Bertz CT molecular complexity index is 949. The van der Waals surface area contributed by atoms with Crippen LogP contribution in [0.4, 0.5) is 5.69 Å². The molecule has 1 aliphatic rings. The molecule has 0 bridgehead atoms. The summed E-state index contributed by atoms with van der Waals surface area (Å²) >= 11 is 0. The first-order valence-electron chi connectivity index (χ1n) is 9.08. The molecule has 1 aromatic heterocycles. The third-order valence-corrected chi connectivity index (χ3v) is 4.69. The van der Waals surface area contributed by atoms with E-state index in [0.717, 1.165) is 16.8 Å². The number of carbonyl (C=O) groups excluding carboxylic acids is 1. The number of amides is 1. The van der Waals surface area contributed by atoms with E-state index in [1.54, 1.807) is 4.90 Å². The van der Waals surface area contributed by atoms with Crippen LogP contribution >= 0.6 is 0 Å². The number of hydrogen-bond acceptors (Lipinski definition) is 5. The molecule has 0 aliphatic carbocycles. The molecule has 2 heterocycles. The van der Waals surface area contributed by atoms with Gasteiger partial charge in [0.1, 0.15) is 5.75 Å². The molecule has 2 aromatic carbocycles. The molecule has 3 aromatic rings. The highest BCUT2D eigenvalue weighted by Crippen LogP contribution is 2.33. The molecule has 1 saturated heterocycles. The fourth-order valence-corrected chi connectivity index (χ4v) is 3.29. The van der Waals surface area contributed by atoms with Crippen LogP contribution in [0.15, 0.2) is 53.1 Å². The number of aryl methyl sites for hydroxylation is 1. The quantitative estimate of drug-likeness (QED) is 0.686. The van der Waals surface area contributed by atoms with E-state index in [1.807, 2.05) is 62.4 Å². The van der Waals surface area contributed by atoms with Crippen LogP contribution in [0.3, 0.4) is 0 Å². The lowest BCUT2D eigenvalue weighted by Crippen LogP contribution is -2.24. The summed E-state index contributed by atoms with van der Waals surface area (Å²) < 4.78 is 11.1. The number of ether oxygens (including phenoxy) is 1. The number of carbonyl (C=O) groups is 1. The van der Waals surface area contributed by atoms with E-state index < -0.39 is 0 Å². The molecule has 1 aliphatic heterocycles.